The highest BCUT2D eigenvalue weighted by Gasteiger charge is 2.14. The fourth-order valence-corrected chi connectivity index (χ4v) is 2.10. The number of anilines is 2. The number of aryl methyl sites for hydroxylation is 1. The molecule has 0 unspecified atom stereocenters. The minimum absolute atomic E-state index is 0.288. The second-order valence-electron chi connectivity index (χ2n) is 5.26. The standard InChI is InChI=1S/C19H20N2O4/c1-3-13-5-9-15(10-6-13)20-17(22)18(23)21-16-11-7-14(8-12-16)19(24)25-4-2/h5-12H,3-4H2,1-2H3,(H,20,22)(H,21,23). The summed E-state index contributed by atoms with van der Waals surface area (Å²) in [5.74, 6) is -1.99. The second-order valence-corrected chi connectivity index (χ2v) is 5.26. The van der Waals surface area contributed by atoms with E-state index in [0.29, 0.717) is 16.9 Å². The van der Waals surface area contributed by atoms with E-state index in [1.54, 1.807) is 19.1 Å². The third-order valence-electron chi connectivity index (χ3n) is 3.48. The van der Waals surface area contributed by atoms with Gasteiger partial charge in [0, 0.05) is 11.4 Å². The van der Waals surface area contributed by atoms with Crippen LogP contribution in [-0.2, 0) is 20.7 Å². The normalized spacial score (nSPS) is 10.0. The van der Waals surface area contributed by atoms with Crippen molar-refractivity contribution >= 4 is 29.2 Å². The van der Waals surface area contributed by atoms with Crippen molar-refractivity contribution in [2.24, 2.45) is 0 Å². The molecule has 6 nitrogen and oxygen atoms in total. The topological polar surface area (TPSA) is 84.5 Å². The van der Waals surface area contributed by atoms with Gasteiger partial charge in [0.2, 0.25) is 0 Å². The molecule has 130 valence electrons. The van der Waals surface area contributed by atoms with Crippen molar-refractivity contribution in [1.29, 1.82) is 0 Å². The molecule has 0 aliphatic heterocycles. The van der Waals surface area contributed by atoms with E-state index in [2.05, 4.69) is 10.6 Å². The van der Waals surface area contributed by atoms with Crippen molar-refractivity contribution in [2.45, 2.75) is 20.3 Å². The maximum atomic E-state index is 11.9. The maximum Gasteiger partial charge on any atom is 0.338 e. The van der Waals surface area contributed by atoms with Crippen LogP contribution in [0.1, 0.15) is 29.8 Å². The number of nitrogens with one attached hydrogen (secondary N) is 2. The van der Waals surface area contributed by atoms with E-state index in [1.165, 1.54) is 24.3 Å². The van der Waals surface area contributed by atoms with Crippen LogP contribution in [0.5, 0.6) is 0 Å². The predicted octanol–water partition coefficient (Wildman–Crippen LogP) is 3.00. The lowest BCUT2D eigenvalue weighted by Crippen LogP contribution is -2.29. The van der Waals surface area contributed by atoms with Crippen LogP contribution in [0.3, 0.4) is 0 Å². The highest BCUT2D eigenvalue weighted by molar-refractivity contribution is 6.43. The van der Waals surface area contributed by atoms with Crippen LogP contribution in [-0.4, -0.2) is 24.4 Å². The van der Waals surface area contributed by atoms with Crippen molar-refractivity contribution < 1.29 is 19.1 Å². The summed E-state index contributed by atoms with van der Waals surface area (Å²) in [6.07, 6.45) is 0.899. The molecule has 2 aromatic carbocycles. The number of amides is 2. The van der Waals surface area contributed by atoms with E-state index >= 15 is 0 Å². The zero-order valence-electron chi connectivity index (χ0n) is 14.2. The first kappa shape index (κ1) is 18.2. The van der Waals surface area contributed by atoms with Crippen molar-refractivity contribution in [2.75, 3.05) is 17.2 Å². The third kappa shape index (κ3) is 5.17. The van der Waals surface area contributed by atoms with E-state index in [0.717, 1.165) is 12.0 Å². The molecular formula is C19H20N2O4. The summed E-state index contributed by atoms with van der Waals surface area (Å²) in [5.41, 5.74) is 2.48. The Labute approximate surface area is 146 Å². The van der Waals surface area contributed by atoms with Gasteiger partial charge in [0.05, 0.1) is 12.2 Å². The summed E-state index contributed by atoms with van der Waals surface area (Å²) in [6.45, 7) is 4.05. The number of rotatable bonds is 5. The van der Waals surface area contributed by atoms with Gasteiger partial charge in [-0.3, -0.25) is 9.59 Å². The molecule has 2 amide bonds. The fourth-order valence-electron chi connectivity index (χ4n) is 2.10. The van der Waals surface area contributed by atoms with Gasteiger partial charge in [-0.2, -0.15) is 0 Å². The van der Waals surface area contributed by atoms with Crippen molar-refractivity contribution in [3.8, 4) is 0 Å². The molecule has 0 fully saturated rings. The summed E-state index contributed by atoms with van der Waals surface area (Å²) in [6, 6.07) is 13.4. The lowest BCUT2D eigenvalue weighted by atomic mass is 10.1. The molecule has 2 aromatic rings. The molecule has 0 heterocycles. The third-order valence-corrected chi connectivity index (χ3v) is 3.48. The van der Waals surface area contributed by atoms with Crippen molar-refractivity contribution in [3.05, 3.63) is 59.7 Å². The van der Waals surface area contributed by atoms with Crippen LogP contribution in [0.4, 0.5) is 11.4 Å². The van der Waals surface area contributed by atoms with E-state index in [9.17, 15) is 14.4 Å². The average molecular weight is 340 g/mol. The van der Waals surface area contributed by atoms with Gasteiger partial charge in [-0.15, -0.1) is 0 Å². The number of carbonyl (C=O) groups is 3. The zero-order valence-corrected chi connectivity index (χ0v) is 14.2. The first-order chi connectivity index (χ1) is 12.0. The van der Waals surface area contributed by atoms with E-state index in [-0.39, 0.29) is 6.61 Å². The van der Waals surface area contributed by atoms with Gasteiger partial charge in [-0.25, -0.2) is 4.79 Å². The van der Waals surface area contributed by atoms with Crippen molar-refractivity contribution in [3.63, 3.8) is 0 Å². The molecule has 2 N–H and O–H groups in total. The monoisotopic (exact) mass is 340 g/mol. The Hall–Kier alpha value is -3.15. The van der Waals surface area contributed by atoms with Crippen molar-refractivity contribution in [1.82, 2.24) is 0 Å². The molecular weight excluding hydrogens is 320 g/mol. The summed E-state index contributed by atoms with van der Waals surface area (Å²) in [7, 11) is 0. The van der Waals surface area contributed by atoms with E-state index in [4.69, 9.17) is 4.74 Å². The Morgan fingerprint density at radius 2 is 1.28 bits per heavy atom. The van der Waals surface area contributed by atoms with Gasteiger partial charge < -0.3 is 15.4 Å². The minimum Gasteiger partial charge on any atom is -0.462 e. The van der Waals surface area contributed by atoms with Gasteiger partial charge in [0.15, 0.2) is 0 Å². The van der Waals surface area contributed by atoms with Gasteiger partial charge in [-0.05, 0) is 55.3 Å². The lowest BCUT2D eigenvalue weighted by molar-refractivity contribution is -0.132. The predicted molar refractivity (Wildman–Crippen MR) is 95.5 cm³/mol. The smallest absolute Gasteiger partial charge is 0.338 e. The van der Waals surface area contributed by atoms with Crippen LogP contribution >= 0.6 is 0 Å². The molecule has 2 rings (SSSR count). The van der Waals surface area contributed by atoms with Crippen LogP contribution in [0.25, 0.3) is 0 Å². The maximum absolute atomic E-state index is 11.9. The number of ether oxygens (including phenoxy) is 1. The van der Waals surface area contributed by atoms with E-state index in [1.807, 2.05) is 19.1 Å². The van der Waals surface area contributed by atoms with E-state index < -0.39 is 17.8 Å². The van der Waals surface area contributed by atoms with Crippen LogP contribution in [0.15, 0.2) is 48.5 Å². The number of carbonyl (C=O) groups excluding carboxylic acids is 3. The second kappa shape index (κ2) is 8.63. The molecule has 0 saturated heterocycles. The average Bonchev–Trinajstić information content (AvgIpc) is 2.63. The number of hydrogen-bond donors (Lipinski definition) is 2. The molecule has 0 aromatic heterocycles. The van der Waals surface area contributed by atoms with Crippen LogP contribution < -0.4 is 10.6 Å². The van der Waals surface area contributed by atoms with Gasteiger partial charge in [0.1, 0.15) is 0 Å². The Bertz CT molecular complexity index is 752. The minimum atomic E-state index is -0.788. The molecule has 0 aliphatic carbocycles. The number of esters is 1. The molecule has 0 bridgehead atoms. The van der Waals surface area contributed by atoms with Crippen LogP contribution in [0.2, 0.25) is 0 Å². The Balaban J connectivity index is 1.93. The summed E-state index contributed by atoms with van der Waals surface area (Å²) in [5, 5.41) is 5.01. The molecule has 0 radical (unpaired) electrons. The van der Waals surface area contributed by atoms with Gasteiger partial charge >= 0.3 is 17.8 Å². The lowest BCUT2D eigenvalue weighted by Gasteiger charge is -2.08. The first-order valence-electron chi connectivity index (χ1n) is 8.02. The first-order valence-corrected chi connectivity index (χ1v) is 8.02. The highest BCUT2D eigenvalue weighted by atomic mass is 16.5. The van der Waals surface area contributed by atoms with Gasteiger partial charge in [-0.1, -0.05) is 19.1 Å². The Kier molecular flexibility index (Phi) is 6.28. The highest BCUT2D eigenvalue weighted by Crippen LogP contribution is 2.12. The van der Waals surface area contributed by atoms with Crippen LogP contribution in [0, 0.1) is 0 Å². The Morgan fingerprint density at radius 1 is 0.800 bits per heavy atom. The zero-order chi connectivity index (χ0) is 18.2. The summed E-state index contributed by atoms with van der Waals surface area (Å²) >= 11 is 0. The molecule has 0 aliphatic rings. The summed E-state index contributed by atoms with van der Waals surface area (Å²) < 4.78 is 4.88. The molecule has 25 heavy (non-hydrogen) atoms. The molecule has 0 saturated carbocycles. The summed E-state index contributed by atoms with van der Waals surface area (Å²) in [4.78, 5) is 35.4. The molecule has 0 spiro atoms. The number of hydrogen-bond acceptors (Lipinski definition) is 4. The molecule has 6 heteroatoms. The quantitative estimate of drug-likeness (QED) is 0.647. The SMILES string of the molecule is CCOC(=O)c1ccc(NC(=O)C(=O)Nc2ccc(CC)cc2)cc1. The fraction of sp³-hybridized carbons (Fsp3) is 0.211. The Morgan fingerprint density at radius 3 is 1.72 bits per heavy atom. The van der Waals surface area contributed by atoms with Gasteiger partial charge in [0.25, 0.3) is 0 Å². The number of benzene rings is 2. The largest absolute Gasteiger partial charge is 0.462 e. The molecule has 0 atom stereocenters.